The molecule has 2 aliphatic rings. The zero-order valence-electron chi connectivity index (χ0n) is 18.9. The second-order valence-corrected chi connectivity index (χ2v) is 9.78. The first-order valence-corrected chi connectivity index (χ1v) is 12.4. The number of oxime groups is 1. The van der Waals surface area contributed by atoms with Crippen molar-refractivity contribution < 1.29 is 28.7 Å². The predicted molar refractivity (Wildman–Crippen MR) is 125 cm³/mol. The normalized spacial score (nSPS) is 19.8. The lowest BCUT2D eigenvalue weighted by Gasteiger charge is -2.50. The molecule has 0 radical (unpaired) electrons. The largest absolute Gasteiger partial charge is 0.543 e. The molecule has 3 aromatic heterocycles. The molecule has 14 nitrogen and oxygen atoms in total. The number of nitrogen functional groups attached to an aromatic ring is 1. The smallest absolute Gasteiger partial charge is 0.386 e. The topological polar surface area (TPSA) is 185 Å². The molecule has 2 amide bonds. The molecule has 0 aliphatic carbocycles. The molecule has 5 heterocycles. The Kier molecular flexibility index (Phi) is 6.05. The van der Waals surface area contributed by atoms with Crippen LogP contribution >= 0.6 is 23.1 Å². The second-order valence-electron chi connectivity index (χ2n) is 7.79. The van der Waals surface area contributed by atoms with Gasteiger partial charge in [-0.15, -0.1) is 32.8 Å². The minimum atomic E-state index is -1.48. The van der Waals surface area contributed by atoms with E-state index in [1.165, 1.54) is 24.3 Å². The summed E-state index contributed by atoms with van der Waals surface area (Å²) in [6.45, 7) is 1.91. The molecular weight excluding hydrogens is 510 g/mol. The minimum Gasteiger partial charge on any atom is -0.543 e. The molecule has 36 heavy (non-hydrogen) atoms. The zero-order chi connectivity index (χ0) is 25.6. The van der Waals surface area contributed by atoms with E-state index in [1.54, 1.807) is 34.5 Å². The van der Waals surface area contributed by atoms with E-state index < -0.39 is 29.2 Å². The summed E-state index contributed by atoms with van der Waals surface area (Å²) >= 11 is 2.44. The average Bonchev–Trinajstić information content (AvgIpc) is 3.43. The molecule has 1 fully saturated rings. The third-order valence-corrected chi connectivity index (χ3v) is 7.62. The van der Waals surface area contributed by atoms with E-state index in [1.807, 2.05) is 0 Å². The highest BCUT2D eigenvalue weighted by Gasteiger charge is 2.53. The number of carbonyl (C=O) groups is 3. The molecule has 186 valence electrons. The van der Waals surface area contributed by atoms with Crippen molar-refractivity contribution in [2.45, 2.75) is 24.9 Å². The second kappa shape index (κ2) is 9.19. The van der Waals surface area contributed by atoms with Crippen LogP contribution in [0, 0.1) is 6.92 Å². The number of β-lactam (4-membered cyclic amide) rings is 1. The van der Waals surface area contributed by atoms with Gasteiger partial charge in [0.1, 0.15) is 30.8 Å². The maximum atomic E-state index is 13.0. The highest BCUT2D eigenvalue weighted by atomic mass is 32.2. The van der Waals surface area contributed by atoms with Gasteiger partial charge in [-0.05, 0) is 16.7 Å². The van der Waals surface area contributed by atoms with E-state index in [9.17, 15) is 19.5 Å². The van der Waals surface area contributed by atoms with Gasteiger partial charge in [-0.1, -0.05) is 5.16 Å². The Balaban J connectivity index is 1.38. The van der Waals surface area contributed by atoms with Crippen LogP contribution in [0.4, 0.5) is 5.13 Å². The van der Waals surface area contributed by atoms with Crippen LogP contribution in [-0.4, -0.2) is 72.4 Å². The van der Waals surface area contributed by atoms with Gasteiger partial charge in [0.25, 0.3) is 11.8 Å². The van der Waals surface area contributed by atoms with Crippen LogP contribution < -0.4 is 20.6 Å². The molecule has 2 aliphatic heterocycles. The lowest BCUT2D eigenvalue weighted by molar-refractivity contribution is -0.523. The first-order valence-electron chi connectivity index (χ1n) is 10.5. The highest BCUT2D eigenvalue weighted by Crippen LogP contribution is 2.40. The zero-order valence-corrected chi connectivity index (χ0v) is 20.6. The van der Waals surface area contributed by atoms with Crippen molar-refractivity contribution in [3.05, 3.63) is 46.6 Å². The highest BCUT2D eigenvalue weighted by molar-refractivity contribution is 8.00. The number of nitrogens with one attached hydrogen (secondary N) is 1. The summed E-state index contributed by atoms with van der Waals surface area (Å²) < 4.78 is 3.35. The number of aliphatic carboxylic acids is 1. The van der Waals surface area contributed by atoms with Gasteiger partial charge in [0.2, 0.25) is 5.82 Å². The van der Waals surface area contributed by atoms with Crippen molar-refractivity contribution in [2.75, 3.05) is 18.6 Å². The van der Waals surface area contributed by atoms with E-state index in [0.29, 0.717) is 17.2 Å². The van der Waals surface area contributed by atoms with Gasteiger partial charge in [0.05, 0.1) is 24.1 Å². The standard InChI is InChI=1S/C20H19N9O5S2/c1-9-25-28(20-22-4-3-5-27(9)20)6-10-7-35-17-13(16(31)29(17)14(10)18(32)33)24-15(30)12(26-34-2)11-8-36-19(21)23-11/h3-5,8,13,17H,6-7H2,1-2H3,(H3-,21,23,24,30,32,33)/b26-12-/t13-,17-/m1/s1. The number of aryl methyl sites for hydroxylation is 1. The van der Waals surface area contributed by atoms with E-state index in [2.05, 4.69) is 25.5 Å². The Morgan fingerprint density at radius 3 is 2.94 bits per heavy atom. The molecule has 0 aromatic carbocycles. The quantitative estimate of drug-likeness (QED) is 0.148. The van der Waals surface area contributed by atoms with Crippen LogP contribution in [0.3, 0.4) is 0 Å². The van der Waals surface area contributed by atoms with Crippen molar-refractivity contribution in [3.63, 3.8) is 0 Å². The van der Waals surface area contributed by atoms with Gasteiger partial charge in [0, 0.05) is 18.1 Å². The fourth-order valence-corrected chi connectivity index (χ4v) is 5.94. The molecule has 0 bridgehead atoms. The molecule has 0 saturated carbocycles. The lowest BCUT2D eigenvalue weighted by Crippen LogP contribution is -2.71. The Bertz CT molecular complexity index is 1460. The summed E-state index contributed by atoms with van der Waals surface area (Å²) in [7, 11) is 1.27. The van der Waals surface area contributed by atoms with Gasteiger partial charge >= 0.3 is 5.78 Å². The Hall–Kier alpha value is -4.05. The molecule has 5 rings (SSSR count). The number of thioether (sulfide) groups is 1. The molecule has 3 aromatic rings. The Morgan fingerprint density at radius 2 is 2.25 bits per heavy atom. The van der Waals surface area contributed by atoms with Crippen LogP contribution in [0.15, 0.2) is 40.3 Å². The molecular formula is C20H19N9O5S2. The molecule has 0 spiro atoms. The third kappa shape index (κ3) is 3.93. The number of carboxylic acids is 1. The van der Waals surface area contributed by atoms with Gasteiger partial charge in [-0.2, -0.15) is 4.40 Å². The fourth-order valence-electron chi connectivity index (χ4n) is 4.06. The summed E-state index contributed by atoms with van der Waals surface area (Å²) in [4.78, 5) is 52.2. The summed E-state index contributed by atoms with van der Waals surface area (Å²) in [6.07, 6.45) is 3.41. The number of aromatic nitrogens is 5. The summed E-state index contributed by atoms with van der Waals surface area (Å²) in [6, 6.07) is 0.791. The summed E-state index contributed by atoms with van der Waals surface area (Å²) in [5.74, 6) is -1.29. The number of nitrogens with two attached hydrogens (primary N) is 1. The molecule has 2 atom stereocenters. The number of carbonyl (C=O) groups excluding carboxylic acids is 3. The number of carboxylic acid groups (broad SMARTS) is 1. The number of anilines is 1. The maximum Gasteiger partial charge on any atom is 0.386 e. The number of rotatable bonds is 7. The van der Waals surface area contributed by atoms with Crippen LogP contribution in [0.5, 0.6) is 0 Å². The predicted octanol–water partition coefficient (Wildman–Crippen LogP) is -2.18. The summed E-state index contributed by atoms with van der Waals surface area (Å²) in [5, 5.41) is 24.0. The lowest BCUT2D eigenvalue weighted by atomic mass is 10.0. The van der Waals surface area contributed by atoms with E-state index in [-0.39, 0.29) is 34.5 Å². The molecule has 0 unspecified atom stereocenters. The maximum absolute atomic E-state index is 13.0. The monoisotopic (exact) mass is 529 g/mol. The number of thiazole rings is 1. The van der Waals surface area contributed by atoms with Gasteiger partial charge < -0.3 is 25.8 Å². The number of hydrogen-bond acceptors (Lipinski definition) is 12. The van der Waals surface area contributed by atoms with Crippen molar-refractivity contribution in [1.29, 1.82) is 0 Å². The number of nitrogens with zero attached hydrogens (tertiary/aromatic N) is 7. The van der Waals surface area contributed by atoms with E-state index >= 15 is 0 Å². The fraction of sp³-hybridized carbons (Fsp3) is 0.300. The first kappa shape index (κ1) is 23.7. The van der Waals surface area contributed by atoms with Crippen molar-refractivity contribution >= 4 is 57.5 Å². The van der Waals surface area contributed by atoms with Gasteiger partial charge in [0.15, 0.2) is 10.8 Å². The molecule has 3 N–H and O–H groups in total. The van der Waals surface area contributed by atoms with Gasteiger partial charge in [-0.3, -0.25) is 14.5 Å². The Morgan fingerprint density at radius 1 is 1.44 bits per heavy atom. The summed E-state index contributed by atoms with van der Waals surface area (Å²) in [5.41, 5.74) is 5.91. The number of fused-ring (bicyclic) bond motifs is 2. The van der Waals surface area contributed by atoms with Crippen LogP contribution in [0.1, 0.15) is 11.5 Å². The van der Waals surface area contributed by atoms with Crippen LogP contribution in [0.2, 0.25) is 0 Å². The van der Waals surface area contributed by atoms with Crippen molar-refractivity contribution in [3.8, 4) is 0 Å². The average molecular weight is 530 g/mol. The minimum absolute atomic E-state index is 0.105. The number of amides is 2. The van der Waals surface area contributed by atoms with Crippen molar-refractivity contribution in [1.82, 2.24) is 30.0 Å². The molecule has 16 heteroatoms. The SMILES string of the molecule is CO/N=C(\C(=O)N[C@@H]1C(=O)N2C(C(=O)[O-])=C(Cn3nc(C)[n+]4cccnc34)CS[C@H]12)c1csc(N)n1. The number of hydrogen-bond donors (Lipinski definition) is 2. The van der Waals surface area contributed by atoms with Gasteiger partial charge in [-0.25, -0.2) is 4.98 Å². The van der Waals surface area contributed by atoms with E-state index in [4.69, 9.17) is 10.6 Å². The van der Waals surface area contributed by atoms with E-state index in [0.717, 1.165) is 16.2 Å². The van der Waals surface area contributed by atoms with Crippen LogP contribution in [0.25, 0.3) is 5.78 Å². The van der Waals surface area contributed by atoms with Crippen molar-refractivity contribution in [2.24, 2.45) is 5.16 Å². The van der Waals surface area contributed by atoms with Crippen LogP contribution in [-0.2, 0) is 25.8 Å². The first-order chi connectivity index (χ1) is 17.3. The third-order valence-electron chi connectivity index (χ3n) is 5.60. The Labute approximate surface area is 211 Å². The molecule has 1 saturated heterocycles.